The van der Waals surface area contributed by atoms with Crippen molar-refractivity contribution in [1.82, 2.24) is 0 Å². The zero-order chi connectivity index (χ0) is 18.4. The number of amides is 1. The summed E-state index contributed by atoms with van der Waals surface area (Å²) in [6.45, 7) is 9.19. The number of nitrogens with one attached hydrogen (secondary N) is 1. The molecule has 0 spiro atoms. The number of hydrogen-bond acceptors (Lipinski definition) is 5. The zero-order valence-corrected chi connectivity index (χ0v) is 15.5. The minimum Gasteiger partial charge on any atom is -0.443 e. The predicted octanol–water partition coefficient (Wildman–Crippen LogP) is 3.37. The smallest absolute Gasteiger partial charge is 0.414 e. The molecule has 1 rings (SSSR count). The molecule has 0 saturated carbocycles. The topological polar surface area (TPSA) is 95.9 Å². The monoisotopic (exact) mass is 346 g/mol. The van der Waals surface area contributed by atoms with E-state index in [1.807, 2.05) is 13.8 Å². The maximum absolute atomic E-state index is 12.0. The lowest BCUT2D eigenvalue weighted by Crippen LogP contribution is -2.34. The lowest BCUT2D eigenvalue weighted by atomic mass is 10.2. The number of hydrogen-bond donors (Lipinski definition) is 2. The molecule has 7 nitrogen and oxygen atoms in total. The van der Waals surface area contributed by atoms with Crippen LogP contribution in [-0.2, 0) is 14.9 Å². The van der Waals surface area contributed by atoms with Gasteiger partial charge in [0.05, 0.1) is 5.69 Å². The van der Waals surface area contributed by atoms with Gasteiger partial charge < -0.3 is 10.1 Å². The van der Waals surface area contributed by atoms with Gasteiger partial charge in [-0.2, -0.15) is 8.42 Å². The Morgan fingerprint density at radius 3 is 2.17 bits per heavy atom. The first-order valence-electron chi connectivity index (χ1n) is 7.21. The number of nitrogens with zero attached hydrogens (tertiary/aromatic N) is 1. The van der Waals surface area contributed by atoms with Gasteiger partial charge in [-0.25, -0.2) is 4.79 Å². The molecule has 2 N–H and O–H groups in total. The summed E-state index contributed by atoms with van der Waals surface area (Å²) in [4.78, 5) is 12.8. The molecule has 0 unspecified atom stereocenters. The average Bonchev–Trinajstić information content (AvgIpc) is 2.45. The van der Waals surface area contributed by atoms with E-state index < -0.39 is 21.8 Å². The largest absolute Gasteiger partial charge is 0.443 e. The van der Waals surface area contributed by atoms with Crippen molar-refractivity contribution in [2.24, 2.45) is 0 Å². The highest BCUT2D eigenvalue weighted by Gasteiger charge is 2.23. The van der Waals surface area contributed by atoms with E-state index in [2.05, 4.69) is 5.32 Å². The number of carbonyl (C=O) groups excluding carboxylic acids is 1. The summed E-state index contributed by atoms with van der Waals surface area (Å²) in [5.74, 6) is 0. The van der Waals surface area contributed by atoms with Crippen LogP contribution in [0.4, 0.5) is 16.2 Å². The van der Waals surface area contributed by atoms with Crippen LogP contribution >= 0.6 is 0 Å². The third-order valence-electron chi connectivity index (χ3n) is 2.57. The van der Waals surface area contributed by atoms with Gasteiger partial charge in [-0.1, -0.05) is 13.8 Å². The number of rotatable bonds is 3. The second-order valence-corrected chi connectivity index (χ2v) is 6.83. The van der Waals surface area contributed by atoms with Crippen molar-refractivity contribution < 1.29 is 22.5 Å². The molecular formula is C15H26N2O5S. The molecule has 0 radical (unpaired) electrons. The number of anilines is 2. The molecule has 23 heavy (non-hydrogen) atoms. The van der Waals surface area contributed by atoms with Crippen molar-refractivity contribution in [2.45, 2.75) is 45.1 Å². The van der Waals surface area contributed by atoms with Crippen LogP contribution in [0.5, 0.6) is 0 Å². The molecular weight excluding hydrogens is 320 g/mol. The predicted molar refractivity (Wildman–Crippen MR) is 91.8 cm³/mol. The Morgan fingerprint density at radius 2 is 1.78 bits per heavy atom. The van der Waals surface area contributed by atoms with Crippen molar-refractivity contribution in [1.29, 1.82) is 0 Å². The molecule has 8 heteroatoms. The standard InChI is InChI=1S/C13H20N2O5S.C2H6/c1-13(2,3)20-12(16)15(5)9-6-7-10(14-4)11(8-9)21(17,18)19;1-2/h6-8,14H,1-5H3,(H,17,18,19);1-2H3. The Labute approximate surface area is 138 Å². The first-order valence-corrected chi connectivity index (χ1v) is 8.65. The van der Waals surface area contributed by atoms with Crippen LogP contribution < -0.4 is 10.2 Å². The number of carbonyl (C=O) groups is 1. The Bertz CT molecular complexity index is 636. The van der Waals surface area contributed by atoms with Gasteiger partial charge in [0.15, 0.2) is 0 Å². The minimum atomic E-state index is -4.40. The van der Waals surface area contributed by atoms with Crippen molar-refractivity contribution in [3.63, 3.8) is 0 Å². The summed E-state index contributed by atoms with van der Waals surface area (Å²) in [7, 11) is -1.42. The summed E-state index contributed by atoms with van der Waals surface area (Å²) in [6.07, 6.45) is -0.624. The zero-order valence-electron chi connectivity index (χ0n) is 14.7. The molecule has 0 heterocycles. The molecule has 132 valence electrons. The average molecular weight is 346 g/mol. The van der Waals surface area contributed by atoms with Gasteiger partial charge in [-0.05, 0) is 39.0 Å². The van der Waals surface area contributed by atoms with E-state index in [0.717, 1.165) is 0 Å². The highest BCUT2D eigenvalue weighted by Crippen LogP contribution is 2.27. The van der Waals surface area contributed by atoms with Crippen molar-refractivity contribution >= 4 is 27.6 Å². The van der Waals surface area contributed by atoms with Crippen LogP contribution in [0.2, 0.25) is 0 Å². The Hall–Kier alpha value is -1.80. The molecule has 0 aliphatic rings. The molecule has 0 bridgehead atoms. The van der Waals surface area contributed by atoms with E-state index in [9.17, 15) is 17.8 Å². The van der Waals surface area contributed by atoms with Crippen LogP contribution in [0.25, 0.3) is 0 Å². The number of ether oxygens (including phenoxy) is 1. The van der Waals surface area contributed by atoms with E-state index in [-0.39, 0.29) is 16.3 Å². The summed E-state index contributed by atoms with van der Waals surface area (Å²) >= 11 is 0. The van der Waals surface area contributed by atoms with Crippen LogP contribution in [-0.4, -0.2) is 38.8 Å². The second kappa shape index (κ2) is 8.16. The lowest BCUT2D eigenvalue weighted by Gasteiger charge is -2.25. The van der Waals surface area contributed by atoms with Gasteiger partial charge in [0.1, 0.15) is 10.5 Å². The molecule has 1 aromatic carbocycles. The van der Waals surface area contributed by atoms with Gasteiger partial charge >= 0.3 is 6.09 Å². The molecule has 1 amide bonds. The molecule has 0 saturated heterocycles. The van der Waals surface area contributed by atoms with Crippen LogP contribution in [0, 0.1) is 0 Å². The highest BCUT2D eigenvalue weighted by molar-refractivity contribution is 7.86. The van der Waals surface area contributed by atoms with Crippen molar-refractivity contribution in [2.75, 3.05) is 24.3 Å². The molecule has 0 aliphatic carbocycles. The Kier molecular flexibility index (Phi) is 7.53. The fraction of sp³-hybridized carbons (Fsp3) is 0.533. The second-order valence-electron chi connectivity index (χ2n) is 5.44. The van der Waals surface area contributed by atoms with Crippen LogP contribution in [0.1, 0.15) is 34.6 Å². The van der Waals surface area contributed by atoms with Gasteiger partial charge in [-0.3, -0.25) is 9.45 Å². The fourth-order valence-electron chi connectivity index (χ4n) is 1.58. The van der Waals surface area contributed by atoms with E-state index >= 15 is 0 Å². The van der Waals surface area contributed by atoms with E-state index in [1.54, 1.807) is 26.8 Å². The van der Waals surface area contributed by atoms with Gasteiger partial charge in [0, 0.05) is 19.8 Å². The van der Waals surface area contributed by atoms with Crippen LogP contribution in [0.15, 0.2) is 23.1 Å². The molecule has 0 aromatic heterocycles. The SMILES string of the molecule is CC.CNc1ccc(N(C)C(=O)OC(C)(C)C)cc1S(=O)(=O)O. The molecule has 0 fully saturated rings. The number of benzene rings is 1. The molecule has 0 aliphatic heterocycles. The quantitative estimate of drug-likeness (QED) is 0.815. The minimum absolute atomic E-state index is 0.235. The van der Waals surface area contributed by atoms with E-state index in [4.69, 9.17) is 4.74 Å². The lowest BCUT2D eigenvalue weighted by molar-refractivity contribution is 0.0589. The van der Waals surface area contributed by atoms with E-state index in [0.29, 0.717) is 0 Å². The van der Waals surface area contributed by atoms with Crippen molar-refractivity contribution in [3.8, 4) is 0 Å². The highest BCUT2D eigenvalue weighted by atomic mass is 32.2. The first-order chi connectivity index (χ1) is 10.5. The Morgan fingerprint density at radius 1 is 1.26 bits per heavy atom. The fourth-order valence-corrected chi connectivity index (χ4v) is 2.29. The maximum Gasteiger partial charge on any atom is 0.414 e. The maximum atomic E-state index is 12.0. The van der Waals surface area contributed by atoms with E-state index in [1.165, 1.54) is 31.1 Å². The summed E-state index contributed by atoms with van der Waals surface area (Å²) < 4.78 is 37.2. The first kappa shape index (κ1) is 21.2. The molecule has 0 atom stereocenters. The third-order valence-corrected chi connectivity index (χ3v) is 3.46. The third kappa shape index (κ3) is 6.45. The van der Waals surface area contributed by atoms with Crippen molar-refractivity contribution in [3.05, 3.63) is 18.2 Å². The normalized spacial score (nSPS) is 11.1. The molecule has 1 aromatic rings. The summed E-state index contributed by atoms with van der Waals surface area (Å²) in [5, 5.41) is 2.66. The van der Waals surface area contributed by atoms with Gasteiger partial charge in [0.25, 0.3) is 10.1 Å². The summed E-state index contributed by atoms with van der Waals surface area (Å²) in [6, 6.07) is 4.20. The van der Waals surface area contributed by atoms with Gasteiger partial charge in [0.2, 0.25) is 0 Å². The Balaban J connectivity index is 0.00000232. The van der Waals surface area contributed by atoms with Crippen LogP contribution in [0.3, 0.4) is 0 Å². The summed E-state index contributed by atoms with van der Waals surface area (Å²) in [5.41, 5.74) is -0.142. The van der Waals surface area contributed by atoms with Gasteiger partial charge in [-0.15, -0.1) is 0 Å².